The number of carboxylic acids is 1. The molecule has 3 N–H and O–H groups in total. The monoisotopic (exact) mass is 318 g/mol. The molecule has 0 aliphatic carbocycles. The van der Waals surface area contributed by atoms with Crippen molar-refractivity contribution in [2.45, 2.75) is 32.2 Å². The number of H-pyrrole nitrogens is 1. The van der Waals surface area contributed by atoms with Gasteiger partial charge in [-0.2, -0.15) is 0 Å². The number of carbonyl (C=O) groups excluding carboxylic acids is 1. The van der Waals surface area contributed by atoms with Crippen LogP contribution < -0.4 is 5.32 Å². The maximum Gasteiger partial charge on any atom is 0.331 e. The van der Waals surface area contributed by atoms with Crippen LogP contribution >= 0.6 is 0 Å². The molecule has 1 amide bonds. The number of carboxylic acid groups (broad SMARTS) is 1. The summed E-state index contributed by atoms with van der Waals surface area (Å²) in [6.07, 6.45) is 2.65. The zero-order chi connectivity index (χ0) is 17.0. The number of rotatable bonds is 7. The Balaban J connectivity index is 2.03. The number of carbonyl (C=O) groups is 2. The van der Waals surface area contributed by atoms with Gasteiger partial charge in [0.05, 0.1) is 6.61 Å². The molecule has 0 saturated carbocycles. The summed E-state index contributed by atoms with van der Waals surface area (Å²) in [6.45, 7) is 3.38. The average molecular weight is 318 g/mol. The lowest BCUT2D eigenvalue weighted by Crippen LogP contribution is -2.55. The van der Waals surface area contributed by atoms with Gasteiger partial charge in [0.2, 0.25) is 5.91 Å². The van der Waals surface area contributed by atoms with Crippen LogP contribution in [0, 0.1) is 6.92 Å². The van der Waals surface area contributed by atoms with Gasteiger partial charge in [0.1, 0.15) is 0 Å². The van der Waals surface area contributed by atoms with E-state index in [1.165, 1.54) is 14.0 Å². The SMILES string of the molecule is COCC(C)(NC(=O)CCc1c[nH]c2c(C)cccc12)C(=O)O. The second-order valence-electron chi connectivity index (χ2n) is 5.93. The Morgan fingerprint density at radius 1 is 1.39 bits per heavy atom. The molecule has 1 atom stereocenters. The summed E-state index contributed by atoms with van der Waals surface area (Å²) in [5.41, 5.74) is 1.85. The summed E-state index contributed by atoms with van der Waals surface area (Å²) >= 11 is 0. The Morgan fingerprint density at radius 3 is 2.78 bits per heavy atom. The number of nitrogens with one attached hydrogen (secondary N) is 2. The molecule has 1 aromatic carbocycles. The third-order valence-corrected chi connectivity index (χ3v) is 3.95. The van der Waals surface area contributed by atoms with Crippen molar-refractivity contribution in [1.29, 1.82) is 0 Å². The standard InChI is InChI=1S/C17H22N2O4/c1-11-5-4-6-13-12(9-18-15(11)13)7-8-14(20)19-17(2,10-23-3)16(21)22/h4-6,9,18H,7-8,10H2,1-3H3,(H,19,20)(H,21,22). The molecule has 0 aliphatic rings. The van der Waals surface area contributed by atoms with Crippen LogP contribution in [0.4, 0.5) is 0 Å². The molecule has 124 valence electrons. The number of benzene rings is 1. The van der Waals surface area contributed by atoms with E-state index in [0.717, 1.165) is 22.0 Å². The van der Waals surface area contributed by atoms with Gasteiger partial charge < -0.3 is 20.1 Å². The second kappa shape index (κ2) is 6.83. The lowest BCUT2D eigenvalue weighted by atomic mass is 10.0. The number of fused-ring (bicyclic) bond motifs is 1. The molecule has 23 heavy (non-hydrogen) atoms. The molecule has 6 nitrogen and oxygen atoms in total. The number of aromatic amines is 1. The first-order valence-corrected chi connectivity index (χ1v) is 7.46. The van der Waals surface area contributed by atoms with Crippen LogP contribution in [0.1, 0.15) is 24.5 Å². The number of aromatic nitrogens is 1. The highest BCUT2D eigenvalue weighted by atomic mass is 16.5. The molecule has 0 aliphatic heterocycles. The maximum absolute atomic E-state index is 12.1. The fraction of sp³-hybridized carbons (Fsp3) is 0.412. The molecule has 0 fully saturated rings. The van der Waals surface area contributed by atoms with E-state index >= 15 is 0 Å². The lowest BCUT2D eigenvalue weighted by molar-refractivity contribution is -0.149. The number of para-hydroxylation sites is 1. The molecule has 0 spiro atoms. The van der Waals surface area contributed by atoms with E-state index in [1.807, 2.05) is 31.3 Å². The van der Waals surface area contributed by atoms with Crippen molar-refractivity contribution in [2.24, 2.45) is 0 Å². The van der Waals surface area contributed by atoms with E-state index in [-0.39, 0.29) is 18.9 Å². The minimum absolute atomic E-state index is 0.0830. The van der Waals surface area contributed by atoms with Gasteiger partial charge >= 0.3 is 5.97 Å². The van der Waals surface area contributed by atoms with Crippen molar-refractivity contribution in [3.8, 4) is 0 Å². The van der Waals surface area contributed by atoms with Gasteiger partial charge in [0.15, 0.2) is 5.54 Å². The topological polar surface area (TPSA) is 91.4 Å². The fourth-order valence-electron chi connectivity index (χ4n) is 2.63. The van der Waals surface area contributed by atoms with Crippen LogP contribution in [0.3, 0.4) is 0 Å². The number of amides is 1. The minimum atomic E-state index is -1.41. The Bertz CT molecular complexity index is 722. The first-order valence-electron chi connectivity index (χ1n) is 7.46. The fourth-order valence-corrected chi connectivity index (χ4v) is 2.63. The highest BCUT2D eigenvalue weighted by molar-refractivity contribution is 5.88. The first kappa shape index (κ1) is 17.0. The normalized spacial score (nSPS) is 13.7. The van der Waals surface area contributed by atoms with E-state index in [0.29, 0.717) is 6.42 Å². The van der Waals surface area contributed by atoms with Crippen molar-refractivity contribution >= 4 is 22.8 Å². The smallest absolute Gasteiger partial charge is 0.331 e. The molecule has 1 aromatic heterocycles. The van der Waals surface area contributed by atoms with Crippen molar-refractivity contribution in [3.05, 3.63) is 35.5 Å². The molecular formula is C17H22N2O4. The zero-order valence-corrected chi connectivity index (χ0v) is 13.6. The maximum atomic E-state index is 12.1. The highest BCUT2D eigenvalue weighted by Gasteiger charge is 2.34. The molecule has 6 heteroatoms. The van der Waals surface area contributed by atoms with E-state index in [9.17, 15) is 14.7 Å². The summed E-state index contributed by atoms with van der Waals surface area (Å²) in [5, 5.41) is 12.9. The van der Waals surface area contributed by atoms with E-state index in [4.69, 9.17) is 4.74 Å². The third kappa shape index (κ3) is 3.71. The van der Waals surface area contributed by atoms with E-state index < -0.39 is 11.5 Å². The number of hydrogen-bond donors (Lipinski definition) is 3. The van der Waals surface area contributed by atoms with E-state index in [2.05, 4.69) is 10.3 Å². The Morgan fingerprint density at radius 2 is 2.13 bits per heavy atom. The number of aliphatic carboxylic acids is 1. The lowest BCUT2D eigenvalue weighted by Gasteiger charge is -2.25. The van der Waals surface area contributed by atoms with Gasteiger partial charge in [-0.3, -0.25) is 4.79 Å². The van der Waals surface area contributed by atoms with Gasteiger partial charge in [-0.25, -0.2) is 4.79 Å². The highest BCUT2D eigenvalue weighted by Crippen LogP contribution is 2.22. The zero-order valence-electron chi connectivity index (χ0n) is 13.6. The quantitative estimate of drug-likeness (QED) is 0.728. The number of methoxy groups -OCH3 is 1. The van der Waals surface area contributed by atoms with E-state index in [1.54, 1.807) is 0 Å². The first-order chi connectivity index (χ1) is 10.9. The Labute approximate surface area is 134 Å². The summed E-state index contributed by atoms with van der Waals surface area (Å²) in [5.74, 6) is -1.43. The van der Waals surface area contributed by atoms with Crippen LogP contribution in [0.2, 0.25) is 0 Å². The van der Waals surface area contributed by atoms with Crippen molar-refractivity contribution in [3.63, 3.8) is 0 Å². The minimum Gasteiger partial charge on any atom is -0.479 e. The summed E-state index contributed by atoms with van der Waals surface area (Å²) in [7, 11) is 1.40. The van der Waals surface area contributed by atoms with Crippen molar-refractivity contribution in [2.75, 3.05) is 13.7 Å². The van der Waals surface area contributed by atoms with Gasteiger partial charge in [-0.05, 0) is 31.4 Å². The van der Waals surface area contributed by atoms with Crippen LogP contribution in [-0.2, 0) is 20.7 Å². The van der Waals surface area contributed by atoms with Gasteiger partial charge in [0, 0.05) is 30.6 Å². The molecular weight excluding hydrogens is 296 g/mol. The summed E-state index contributed by atoms with van der Waals surface area (Å²) in [4.78, 5) is 26.6. The van der Waals surface area contributed by atoms with Crippen LogP contribution in [0.15, 0.2) is 24.4 Å². The van der Waals surface area contributed by atoms with Gasteiger partial charge in [0.25, 0.3) is 0 Å². The largest absolute Gasteiger partial charge is 0.479 e. The van der Waals surface area contributed by atoms with Crippen molar-refractivity contribution in [1.82, 2.24) is 10.3 Å². The number of hydrogen-bond acceptors (Lipinski definition) is 3. The molecule has 0 bridgehead atoms. The van der Waals surface area contributed by atoms with Gasteiger partial charge in [-0.1, -0.05) is 18.2 Å². The third-order valence-electron chi connectivity index (χ3n) is 3.95. The van der Waals surface area contributed by atoms with Crippen LogP contribution in [0.5, 0.6) is 0 Å². The van der Waals surface area contributed by atoms with Crippen LogP contribution in [0.25, 0.3) is 10.9 Å². The second-order valence-corrected chi connectivity index (χ2v) is 5.93. The number of aryl methyl sites for hydroxylation is 2. The number of ether oxygens (including phenoxy) is 1. The summed E-state index contributed by atoms with van der Waals surface area (Å²) < 4.78 is 4.89. The van der Waals surface area contributed by atoms with Gasteiger partial charge in [-0.15, -0.1) is 0 Å². The van der Waals surface area contributed by atoms with Crippen molar-refractivity contribution < 1.29 is 19.4 Å². The predicted molar refractivity (Wildman–Crippen MR) is 87.4 cm³/mol. The molecule has 1 unspecified atom stereocenters. The predicted octanol–water partition coefficient (Wildman–Crippen LogP) is 2.01. The Kier molecular flexibility index (Phi) is 5.05. The van der Waals surface area contributed by atoms with Crippen LogP contribution in [-0.4, -0.2) is 41.2 Å². The average Bonchev–Trinajstić information content (AvgIpc) is 2.90. The Hall–Kier alpha value is -2.34. The molecule has 0 radical (unpaired) electrons. The molecule has 2 rings (SSSR count). The molecule has 2 aromatic rings. The summed E-state index contributed by atoms with van der Waals surface area (Å²) in [6, 6.07) is 6.02. The molecule has 1 heterocycles. The molecule has 0 saturated heterocycles.